The van der Waals surface area contributed by atoms with Gasteiger partial charge in [-0.25, -0.2) is 4.79 Å². The molecule has 3 aromatic rings. The third-order valence-electron chi connectivity index (χ3n) is 3.06. The molecule has 0 atom stereocenters. The zero-order valence-electron chi connectivity index (χ0n) is 9.75. The second-order valence-corrected chi connectivity index (χ2v) is 4.90. The maximum Gasteiger partial charge on any atom is 0.338 e. The summed E-state index contributed by atoms with van der Waals surface area (Å²) < 4.78 is 1.95. The number of thioether (sulfide) groups is 1. The molecule has 1 N–H and O–H groups in total. The van der Waals surface area contributed by atoms with Crippen LogP contribution in [-0.2, 0) is 0 Å². The molecular weight excluding hydrogens is 246 g/mol. The van der Waals surface area contributed by atoms with E-state index in [9.17, 15) is 9.90 Å². The van der Waals surface area contributed by atoms with Gasteiger partial charge < -0.3 is 9.51 Å². The summed E-state index contributed by atoms with van der Waals surface area (Å²) in [6, 6.07) is 11.4. The molecule has 90 valence electrons. The molecule has 3 nitrogen and oxygen atoms in total. The van der Waals surface area contributed by atoms with Crippen LogP contribution in [0.2, 0.25) is 0 Å². The lowest BCUT2D eigenvalue weighted by atomic mass is 10.1. The summed E-state index contributed by atoms with van der Waals surface area (Å²) >= 11 is 1.64. The summed E-state index contributed by atoms with van der Waals surface area (Å²) in [5, 5.41) is 10.2. The van der Waals surface area contributed by atoms with Gasteiger partial charge in [0, 0.05) is 16.5 Å². The van der Waals surface area contributed by atoms with E-state index in [-0.39, 0.29) is 0 Å². The van der Waals surface area contributed by atoms with Gasteiger partial charge in [0.05, 0.1) is 16.6 Å². The van der Waals surface area contributed by atoms with Gasteiger partial charge in [-0.15, -0.1) is 11.8 Å². The first kappa shape index (κ1) is 11.2. The minimum atomic E-state index is -0.884. The average molecular weight is 257 g/mol. The Bertz CT molecular complexity index is 761. The highest BCUT2D eigenvalue weighted by Crippen LogP contribution is 2.28. The Kier molecular flexibility index (Phi) is 2.52. The molecule has 1 aromatic carbocycles. The SMILES string of the molecule is CSc1ccc2c(C(=O)O)c3ccccc3n2c1. The molecule has 2 aromatic heterocycles. The van der Waals surface area contributed by atoms with Crippen LogP contribution in [0.25, 0.3) is 16.4 Å². The summed E-state index contributed by atoms with van der Waals surface area (Å²) in [6.07, 6.45) is 3.99. The van der Waals surface area contributed by atoms with E-state index in [1.807, 2.05) is 53.3 Å². The largest absolute Gasteiger partial charge is 0.478 e. The Morgan fingerprint density at radius 1 is 1.17 bits per heavy atom. The number of hydrogen-bond donors (Lipinski definition) is 1. The van der Waals surface area contributed by atoms with Crippen molar-refractivity contribution in [3.63, 3.8) is 0 Å². The van der Waals surface area contributed by atoms with Crippen LogP contribution < -0.4 is 0 Å². The molecule has 3 rings (SSSR count). The van der Waals surface area contributed by atoms with Crippen molar-refractivity contribution in [1.29, 1.82) is 0 Å². The maximum absolute atomic E-state index is 11.4. The molecule has 0 saturated carbocycles. The van der Waals surface area contributed by atoms with Gasteiger partial charge in [0.25, 0.3) is 0 Å². The lowest BCUT2D eigenvalue weighted by Gasteiger charge is -2.00. The highest BCUT2D eigenvalue weighted by Gasteiger charge is 2.16. The Morgan fingerprint density at radius 2 is 1.94 bits per heavy atom. The van der Waals surface area contributed by atoms with Crippen LogP contribution in [0.4, 0.5) is 0 Å². The number of benzene rings is 1. The van der Waals surface area contributed by atoms with Crippen molar-refractivity contribution < 1.29 is 9.90 Å². The molecule has 0 fully saturated rings. The van der Waals surface area contributed by atoms with E-state index in [4.69, 9.17) is 0 Å². The Labute approximate surface area is 108 Å². The maximum atomic E-state index is 11.4. The number of aromatic nitrogens is 1. The first-order chi connectivity index (χ1) is 8.72. The Morgan fingerprint density at radius 3 is 2.67 bits per heavy atom. The van der Waals surface area contributed by atoms with Gasteiger partial charge in [-0.1, -0.05) is 18.2 Å². The van der Waals surface area contributed by atoms with Crippen molar-refractivity contribution >= 4 is 34.2 Å². The summed E-state index contributed by atoms with van der Waals surface area (Å²) in [4.78, 5) is 12.5. The predicted molar refractivity (Wildman–Crippen MR) is 73.6 cm³/mol. The quantitative estimate of drug-likeness (QED) is 0.714. The van der Waals surface area contributed by atoms with Crippen molar-refractivity contribution in [1.82, 2.24) is 4.40 Å². The summed E-state index contributed by atoms with van der Waals surface area (Å²) in [6.45, 7) is 0. The summed E-state index contributed by atoms with van der Waals surface area (Å²) in [5.74, 6) is -0.884. The molecule has 0 unspecified atom stereocenters. The standard InChI is InChI=1S/C14H11NO2S/c1-18-9-6-7-12-13(14(16)17)10-4-2-3-5-11(10)15(12)8-9/h2-8H,1H3,(H,16,17). The van der Waals surface area contributed by atoms with Crippen molar-refractivity contribution in [2.75, 3.05) is 6.26 Å². The summed E-state index contributed by atoms with van der Waals surface area (Å²) in [5.41, 5.74) is 2.04. The molecule has 2 heterocycles. The van der Waals surface area contributed by atoms with Gasteiger partial charge in [0.1, 0.15) is 0 Å². The Balaban J connectivity index is 2.53. The third-order valence-corrected chi connectivity index (χ3v) is 3.77. The summed E-state index contributed by atoms with van der Waals surface area (Å²) in [7, 11) is 0. The van der Waals surface area contributed by atoms with Crippen LogP contribution in [0, 0.1) is 0 Å². The van der Waals surface area contributed by atoms with Gasteiger partial charge in [0.2, 0.25) is 0 Å². The topological polar surface area (TPSA) is 41.7 Å². The molecule has 0 aliphatic carbocycles. The number of carboxylic acids is 1. The van der Waals surface area contributed by atoms with Gasteiger partial charge in [-0.2, -0.15) is 0 Å². The van der Waals surface area contributed by atoms with Crippen LogP contribution in [0.15, 0.2) is 47.5 Å². The lowest BCUT2D eigenvalue weighted by molar-refractivity contribution is 0.0701. The molecule has 18 heavy (non-hydrogen) atoms. The predicted octanol–water partition coefficient (Wildman–Crippen LogP) is 3.51. The average Bonchev–Trinajstić information content (AvgIpc) is 2.72. The molecule has 0 saturated heterocycles. The molecular formula is C14H11NO2S. The fraction of sp³-hybridized carbons (Fsp3) is 0.0714. The normalized spacial score (nSPS) is 11.2. The molecule has 0 aliphatic heterocycles. The van der Waals surface area contributed by atoms with Crippen molar-refractivity contribution in [2.24, 2.45) is 0 Å². The van der Waals surface area contributed by atoms with Crippen LogP contribution in [-0.4, -0.2) is 21.7 Å². The monoisotopic (exact) mass is 257 g/mol. The fourth-order valence-corrected chi connectivity index (χ4v) is 2.68. The third kappa shape index (κ3) is 1.49. The number of aromatic carboxylic acids is 1. The van der Waals surface area contributed by atoms with E-state index in [0.717, 1.165) is 21.3 Å². The molecule has 0 aliphatic rings. The van der Waals surface area contributed by atoms with E-state index in [2.05, 4.69) is 0 Å². The minimum absolute atomic E-state index is 0.373. The number of rotatable bonds is 2. The van der Waals surface area contributed by atoms with Crippen LogP contribution in [0.3, 0.4) is 0 Å². The molecule has 0 spiro atoms. The second kappa shape index (κ2) is 4.07. The molecule has 0 radical (unpaired) electrons. The number of carbonyl (C=O) groups is 1. The van der Waals surface area contributed by atoms with E-state index in [0.29, 0.717) is 5.56 Å². The lowest BCUT2D eigenvalue weighted by Crippen LogP contribution is -1.95. The van der Waals surface area contributed by atoms with Crippen molar-refractivity contribution in [2.45, 2.75) is 4.90 Å². The number of carboxylic acid groups (broad SMARTS) is 1. The first-order valence-electron chi connectivity index (χ1n) is 5.52. The van der Waals surface area contributed by atoms with Gasteiger partial charge in [0.15, 0.2) is 0 Å². The van der Waals surface area contributed by atoms with Crippen molar-refractivity contribution in [3.8, 4) is 0 Å². The van der Waals surface area contributed by atoms with Crippen molar-refractivity contribution in [3.05, 3.63) is 48.2 Å². The number of nitrogens with zero attached hydrogens (tertiary/aromatic N) is 1. The van der Waals surface area contributed by atoms with Crippen LogP contribution in [0.1, 0.15) is 10.4 Å². The molecule has 0 amide bonds. The van der Waals surface area contributed by atoms with E-state index >= 15 is 0 Å². The van der Waals surface area contributed by atoms with E-state index in [1.165, 1.54) is 0 Å². The second-order valence-electron chi connectivity index (χ2n) is 4.02. The van der Waals surface area contributed by atoms with E-state index < -0.39 is 5.97 Å². The first-order valence-corrected chi connectivity index (χ1v) is 6.75. The van der Waals surface area contributed by atoms with Crippen LogP contribution in [0.5, 0.6) is 0 Å². The number of pyridine rings is 1. The minimum Gasteiger partial charge on any atom is -0.478 e. The molecule has 4 heteroatoms. The highest BCUT2D eigenvalue weighted by molar-refractivity contribution is 7.98. The highest BCUT2D eigenvalue weighted by atomic mass is 32.2. The van der Waals surface area contributed by atoms with Gasteiger partial charge in [-0.3, -0.25) is 0 Å². The number of para-hydroxylation sites is 1. The van der Waals surface area contributed by atoms with Gasteiger partial charge >= 0.3 is 5.97 Å². The number of fused-ring (bicyclic) bond motifs is 3. The Hall–Kier alpha value is -1.94. The number of hydrogen-bond acceptors (Lipinski definition) is 2. The molecule has 0 bridgehead atoms. The van der Waals surface area contributed by atoms with Gasteiger partial charge in [-0.05, 0) is 24.5 Å². The zero-order valence-corrected chi connectivity index (χ0v) is 10.6. The van der Waals surface area contributed by atoms with Crippen LogP contribution >= 0.6 is 11.8 Å². The van der Waals surface area contributed by atoms with E-state index in [1.54, 1.807) is 11.8 Å². The smallest absolute Gasteiger partial charge is 0.338 e. The zero-order chi connectivity index (χ0) is 12.7. The fourth-order valence-electron chi connectivity index (χ4n) is 2.26.